The van der Waals surface area contributed by atoms with Crippen LogP contribution < -0.4 is 15.7 Å². The number of hydrogen-bond acceptors (Lipinski definition) is 5. The van der Waals surface area contributed by atoms with Crippen molar-refractivity contribution in [2.75, 3.05) is 13.7 Å². The van der Waals surface area contributed by atoms with Crippen molar-refractivity contribution < 1.29 is 19.1 Å². The Morgan fingerprint density at radius 1 is 1.21 bits per heavy atom. The van der Waals surface area contributed by atoms with Crippen LogP contribution in [0.3, 0.4) is 0 Å². The number of aliphatic hydroxyl groups is 1. The number of benzene rings is 2. The molecule has 1 heterocycles. The molecule has 0 fully saturated rings. The minimum absolute atomic E-state index is 0.110. The van der Waals surface area contributed by atoms with Crippen molar-refractivity contribution in [3.05, 3.63) is 75.6 Å². The molecule has 0 saturated heterocycles. The van der Waals surface area contributed by atoms with Crippen LogP contribution in [-0.4, -0.2) is 30.8 Å². The molecule has 0 unspecified atom stereocenters. The van der Waals surface area contributed by atoms with E-state index in [1.54, 1.807) is 25.1 Å². The monoisotopic (exact) mass is 381 g/mol. The minimum atomic E-state index is -0.544. The maximum absolute atomic E-state index is 12.5. The molecule has 0 spiro atoms. The zero-order valence-electron chi connectivity index (χ0n) is 15.9. The van der Waals surface area contributed by atoms with Gasteiger partial charge < -0.3 is 19.6 Å². The van der Waals surface area contributed by atoms with E-state index < -0.39 is 11.7 Å². The fraction of sp³-hybridized carbons (Fsp3) is 0.273. The van der Waals surface area contributed by atoms with Crippen molar-refractivity contribution in [3.8, 4) is 5.75 Å². The third-order valence-electron chi connectivity index (χ3n) is 4.74. The van der Waals surface area contributed by atoms with Gasteiger partial charge in [-0.25, -0.2) is 4.79 Å². The number of ether oxygens (including phenoxy) is 1. The van der Waals surface area contributed by atoms with Crippen LogP contribution in [-0.2, 0) is 17.6 Å². The topological polar surface area (TPSA) is 88.8 Å². The molecule has 146 valence electrons. The van der Waals surface area contributed by atoms with E-state index in [2.05, 4.69) is 5.32 Å². The van der Waals surface area contributed by atoms with Gasteiger partial charge in [0.15, 0.2) is 0 Å². The first-order chi connectivity index (χ1) is 13.5. The van der Waals surface area contributed by atoms with Gasteiger partial charge >= 0.3 is 5.63 Å². The second kappa shape index (κ2) is 8.71. The molecule has 0 bridgehead atoms. The standard InChI is InChI=1S/C22H23NO5/c1-14-18-9-8-17(27-2)11-20(18)28-22(26)19(14)12-21(25)23-16(13-24)10-15-6-4-3-5-7-15/h3-9,11,16,24H,10,12-13H2,1-2H3,(H,23,25)/t16-/m1/s1. The Labute approximate surface area is 162 Å². The highest BCUT2D eigenvalue weighted by atomic mass is 16.5. The number of fused-ring (bicyclic) bond motifs is 1. The Hall–Kier alpha value is -3.12. The first-order valence-electron chi connectivity index (χ1n) is 9.06. The number of nitrogens with one attached hydrogen (secondary N) is 1. The highest BCUT2D eigenvalue weighted by Crippen LogP contribution is 2.24. The molecule has 1 aromatic heterocycles. The van der Waals surface area contributed by atoms with Crippen LogP contribution in [0.15, 0.2) is 57.7 Å². The summed E-state index contributed by atoms with van der Waals surface area (Å²) >= 11 is 0. The number of amides is 1. The van der Waals surface area contributed by atoms with E-state index in [-0.39, 0.29) is 18.9 Å². The summed E-state index contributed by atoms with van der Waals surface area (Å²) < 4.78 is 10.5. The summed E-state index contributed by atoms with van der Waals surface area (Å²) in [6.45, 7) is 1.60. The van der Waals surface area contributed by atoms with Gasteiger partial charge in [-0.15, -0.1) is 0 Å². The average molecular weight is 381 g/mol. The first-order valence-corrected chi connectivity index (χ1v) is 9.06. The summed E-state index contributed by atoms with van der Waals surface area (Å²) in [6, 6.07) is 14.4. The summed E-state index contributed by atoms with van der Waals surface area (Å²) in [5.41, 5.74) is 1.90. The van der Waals surface area contributed by atoms with Crippen LogP contribution in [0.4, 0.5) is 0 Å². The quantitative estimate of drug-likeness (QED) is 0.614. The lowest BCUT2D eigenvalue weighted by Crippen LogP contribution is -2.40. The van der Waals surface area contributed by atoms with E-state index in [0.29, 0.717) is 28.9 Å². The maximum atomic E-state index is 12.5. The Morgan fingerprint density at radius 3 is 2.64 bits per heavy atom. The lowest BCUT2D eigenvalue weighted by molar-refractivity contribution is -0.121. The molecule has 0 aliphatic rings. The molecule has 3 rings (SSSR count). The molecule has 3 aromatic rings. The van der Waals surface area contributed by atoms with E-state index >= 15 is 0 Å². The van der Waals surface area contributed by atoms with Crippen molar-refractivity contribution in [1.29, 1.82) is 0 Å². The normalized spacial score (nSPS) is 12.0. The SMILES string of the molecule is COc1ccc2c(C)c(CC(=O)N[C@@H](CO)Cc3ccccc3)c(=O)oc2c1. The van der Waals surface area contributed by atoms with E-state index in [9.17, 15) is 14.7 Å². The molecule has 1 amide bonds. The smallest absolute Gasteiger partial charge is 0.340 e. The van der Waals surface area contributed by atoms with Crippen LogP contribution in [0.1, 0.15) is 16.7 Å². The average Bonchev–Trinajstić information content (AvgIpc) is 2.70. The molecular weight excluding hydrogens is 358 g/mol. The van der Waals surface area contributed by atoms with E-state index in [4.69, 9.17) is 9.15 Å². The number of aryl methyl sites for hydroxylation is 1. The van der Waals surface area contributed by atoms with E-state index in [0.717, 1.165) is 10.9 Å². The van der Waals surface area contributed by atoms with Crippen LogP contribution in [0.25, 0.3) is 11.0 Å². The van der Waals surface area contributed by atoms with Crippen LogP contribution >= 0.6 is 0 Å². The summed E-state index contributed by atoms with van der Waals surface area (Å²) in [4.78, 5) is 24.9. The van der Waals surface area contributed by atoms with Crippen molar-refractivity contribution in [1.82, 2.24) is 5.32 Å². The van der Waals surface area contributed by atoms with Gasteiger partial charge in [-0.2, -0.15) is 0 Å². The Balaban J connectivity index is 1.77. The number of aliphatic hydroxyl groups excluding tert-OH is 1. The molecule has 0 saturated carbocycles. The van der Waals surface area contributed by atoms with Gasteiger partial charge in [-0.05, 0) is 36.6 Å². The molecule has 6 heteroatoms. The summed E-state index contributed by atoms with van der Waals surface area (Å²) in [6.07, 6.45) is 0.398. The summed E-state index contributed by atoms with van der Waals surface area (Å²) in [5.74, 6) is 0.255. The lowest BCUT2D eigenvalue weighted by Gasteiger charge is -2.17. The Morgan fingerprint density at radius 2 is 1.96 bits per heavy atom. The number of rotatable bonds is 7. The van der Waals surface area contributed by atoms with Crippen LogP contribution in [0.5, 0.6) is 5.75 Å². The summed E-state index contributed by atoms with van der Waals surface area (Å²) in [7, 11) is 1.54. The number of carbonyl (C=O) groups is 1. The van der Waals surface area contributed by atoms with Gasteiger partial charge in [0.2, 0.25) is 5.91 Å². The maximum Gasteiger partial charge on any atom is 0.340 e. The van der Waals surface area contributed by atoms with Gasteiger partial charge in [-0.1, -0.05) is 30.3 Å². The van der Waals surface area contributed by atoms with Gasteiger partial charge in [0, 0.05) is 11.5 Å². The van der Waals surface area contributed by atoms with Gasteiger partial charge in [0.05, 0.1) is 31.7 Å². The third kappa shape index (κ3) is 4.40. The first kappa shape index (κ1) is 19.6. The summed E-state index contributed by atoms with van der Waals surface area (Å²) in [5, 5.41) is 13.1. The largest absolute Gasteiger partial charge is 0.497 e. The molecule has 28 heavy (non-hydrogen) atoms. The Bertz CT molecular complexity index is 1030. The second-order valence-electron chi connectivity index (χ2n) is 6.67. The molecule has 0 aliphatic heterocycles. The molecule has 1 atom stereocenters. The van der Waals surface area contributed by atoms with Crippen molar-refractivity contribution >= 4 is 16.9 Å². The van der Waals surface area contributed by atoms with Gasteiger partial charge in [0.1, 0.15) is 11.3 Å². The second-order valence-corrected chi connectivity index (χ2v) is 6.67. The zero-order chi connectivity index (χ0) is 20.1. The number of carbonyl (C=O) groups excluding carboxylic acids is 1. The fourth-order valence-corrected chi connectivity index (χ4v) is 3.20. The van der Waals surface area contributed by atoms with Crippen molar-refractivity contribution in [2.45, 2.75) is 25.8 Å². The van der Waals surface area contributed by atoms with E-state index in [1.807, 2.05) is 30.3 Å². The van der Waals surface area contributed by atoms with Gasteiger partial charge in [-0.3, -0.25) is 4.79 Å². The number of methoxy groups -OCH3 is 1. The highest BCUT2D eigenvalue weighted by Gasteiger charge is 2.18. The zero-order valence-corrected chi connectivity index (χ0v) is 15.9. The lowest BCUT2D eigenvalue weighted by atomic mass is 10.0. The van der Waals surface area contributed by atoms with Crippen molar-refractivity contribution in [3.63, 3.8) is 0 Å². The molecular formula is C22H23NO5. The molecule has 0 aliphatic carbocycles. The third-order valence-corrected chi connectivity index (χ3v) is 4.74. The highest BCUT2D eigenvalue weighted by molar-refractivity contribution is 5.85. The Kier molecular flexibility index (Phi) is 6.11. The van der Waals surface area contributed by atoms with Crippen LogP contribution in [0, 0.1) is 6.92 Å². The molecule has 2 aromatic carbocycles. The van der Waals surface area contributed by atoms with Gasteiger partial charge in [0.25, 0.3) is 0 Å². The number of hydrogen-bond donors (Lipinski definition) is 2. The predicted octanol–water partition coefficient (Wildman–Crippen LogP) is 2.37. The minimum Gasteiger partial charge on any atom is -0.497 e. The van der Waals surface area contributed by atoms with Crippen LogP contribution in [0.2, 0.25) is 0 Å². The molecule has 2 N–H and O–H groups in total. The van der Waals surface area contributed by atoms with E-state index in [1.165, 1.54) is 7.11 Å². The fourth-order valence-electron chi connectivity index (χ4n) is 3.20. The van der Waals surface area contributed by atoms with Crippen molar-refractivity contribution in [2.24, 2.45) is 0 Å². The predicted molar refractivity (Wildman–Crippen MR) is 107 cm³/mol. The molecule has 6 nitrogen and oxygen atoms in total. The molecule has 0 radical (unpaired) electrons.